The highest BCUT2D eigenvalue weighted by Gasteiger charge is 2.30. The molecule has 0 heterocycles. The number of nitrogens with zero attached hydrogens (tertiary/aromatic N) is 1. The average molecular weight is 509 g/mol. The van der Waals surface area contributed by atoms with Crippen LogP contribution in [0.1, 0.15) is 36.5 Å². The van der Waals surface area contributed by atoms with E-state index < -0.39 is 6.04 Å². The van der Waals surface area contributed by atoms with Gasteiger partial charge in [-0.15, -0.1) is 11.8 Å². The predicted octanol–water partition coefficient (Wildman–Crippen LogP) is 6.13. The number of amides is 2. The molecule has 1 N–H and O–H groups in total. The Bertz CT molecular complexity index is 1050. The largest absolute Gasteiger partial charge is 0.354 e. The van der Waals surface area contributed by atoms with Crippen molar-refractivity contribution in [2.45, 2.75) is 44.5 Å². The summed E-state index contributed by atoms with van der Waals surface area (Å²) in [5.41, 5.74) is 3.14. The Labute approximate surface area is 218 Å². The smallest absolute Gasteiger partial charge is 0.243 e. The number of benzene rings is 3. The van der Waals surface area contributed by atoms with Crippen LogP contribution in [0.25, 0.3) is 0 Å². The number of hydrogen-bond acceptors (Lipinski definition) is 3. The van der Waals surface area contributed by atoms with E-state index >= 15 is 0 Å². The second kappa shape index (κ2) is 14.6. The van der Waals surface area contributed by atoms with E-state index in [-0.39, 0.29) is 11.8 Å². The summed E-state index contributed by atoms with van der Waals surface area (Å²) in [6.07, 6.45) is 2.38. The lowest BCUT2D eigenvalue weighted by Gasteiger charge is -2.31. The molecule has 0 saturated heterocycles. The summed E-state index contributed by atoms with van der Waals surface area (Å²) in [5, 5.41) is 3.76. The summed E-state index contributed by atoms with van der Waals surface area (Å²) in [5.74, 6) is 0.852. The molecular formula is C29H33ClN2O2S. The van der Waals surface area contributed by atoms with Crippen LogP contribution in [0.4, 0.5) is 0 Å². The van der Waals surface area contributed by atoms with Crippen LogP contribution in [0, 0.1) is 0 Å². The maximum absolute atomic E-state index is 13.6. The molecule has 0 bridgehead atoms. The molecule has 3 aromatic carbocycles. The topological polar surface area (TPSA) is 49.4 Å². The van der Waals surface area contributed by atoms with E-state index in [1.54, 1.807) is 16.7 Å². The van der Waals surface area contributed by atoms with Crippen LogP contribution in [-0.2, 0) is 28.3 Å². The van der Waals surface area contributed by atoms with Crippen LogP contribution in [0.3, 0.4) is 0 Å². The van der Waals surface area contributed by atoms with Gasteiger partial charge in [-0.05, 0) is 35.2 Å². The van der Waals surface area contributed by atoms with Gasteiger partial charge >= 0.3 is 0 Å². The van der Waals surface area contributed by atoms with Gasteiger partial charge in [0.1, 0.15) is 6.04 Å². The minimum atomic E-state index is -0.585. The Morgan fingerprint density at radius 1 is 0.886 bits per heavy atom. The first-order valence-electron chi connectivity index (χ1n) is 12.0. The zero-order valence-electron chi connectivity index (χ0n) is 20.2. The molecule has 184 valence electrons. The first-order valence-corrected chi connectivity index (χ1v) is 13.6. The van der Waals surface area contributed by atoms with Crippen molar-refractivity contribution in [3.63, 3.8) is 0 Å². The molecule has 1 atom stereocenters. The summed E-state index contributed by atoms with van der Waals surface area (Å²) in [6.45, 7) is 3.09. The molecule has 2 amide bonds. The summed E-state index contributed by atoms with van der Waals surface area (Å²) in [7, 11) is 0. The van der Waals surface area contributed by atoms with E-state index in [2.05, 4.69) is 12.2 Å². The molecule has 0 aliphatic carbocycles. The molecule has 0 aliphatic heterocycles. The summed E-state index contributed by atoms with van der Waals surface area (Å²) < 4.78 is 0. The number of carbonyl (C=O) groups is 2. The quantitative estimate of drug-likeness (QED) is 0.282. The Hall–Kier alpha value is -2.76. The molecule has 0 radical (unpaired) electrons. The van der Waals surface area contributed by atoms with E-state index in [9.17, 15) is 9.59 Å². The lowest BCUT2D eigenvalue weighted by molar-refractivity contribution is -0.139. The Morgan fingerprint density at radius 3 is 2.14 bits per heavy atom. The first-order chi connectivity index (χ1) is 17.1. The molecule has 0 aliphatic rings. The van der Waals surface area contributed by atoms with Gasteiger partial charge in [0.15, 0.2) is 0 Å². The Balaban J connectivity index is 1.79. The molecule has 1 unspecified atom stereocenters. The standard InChI is InChI=1S/C29H33ClN2O2S/c1-2-3-18-31-29(34)27(19-23-10-6-4-7-11-23)32(20-24-12-8-5-9-13-24)28(33)22-35-21-25-14-16-26(30)17-15-25/h4-17,27H,2-3,18-22H2,1H3,(H,31,34). The third-order valence-electron chi connectivity index (χ3n) is 5.70. The van der Waals surface area contributed by atoms with Gasteiger partial charge in [0.25, 0.3) is 0 Å². The Kier molecular flexibility index (Phi) is 11.2. The lowest BCUT2D eigenvalue weighted by atomic mass is 10.0. The maximum Gasteiger partial charge on any atom is 0.243 e. The van der Waals surface area contributed by atoms with Crippen LogP contribution in [-0.4, -0.2) is 35.1 Å². The van der Waals surface area contributed by atoms with Gasteiger partial charge in [-0.3, -0.25) is 9.59 Å². The van der Waals surface area contributed by atoms with E-state index in [0.29, 0.717) is 36.0 Å². The summed E-state index contributed by atoms with van der Waals surface area (Å²) >= 11 is 7.54. The molecule has 4 nitrogen and oxygen atoms in total. The molecule has 0 aromatic heterocycles. The third-order valence-corrected chi connectivity index (χ3v) is 6.94. The second-order valence-corrected chi connectivity index (χ2v) is 9.90. The van der Waals surface area contributed by atoms with Crippen LogP contribution >= 0.6 is 23.4 Å². The van der Waals surface area contributed by atoms with Crippen LogP contribution in [0.5, 0.6) is 0 Å². The fraction of sp³-hybridized carbons (Fsp3) is 0.310. The molecule has 3 aromatic rings. The predicted molar refractivity (Wildman–Crippen MR) is 146 cm³/mol. The molecule has 0 saturated carbocycles. The number of unbranched alkanes of at least 4 members (excludes halogenated alkanes) is 1. The van der Waals surface area contributed by atoms with Crippen LogP contribution in [0.15, 0.2) is 84.9 Å². The van der Waals surface area contributed by atoms with Gasteiger partial charge in [0.2, 0.25) is 11.8 Å². The summed E-state index contributed by atoms with van der Waals surface area (Å²) in [6, 6.07) is 26.8. The highest BCUT2D eigenvalue weighted by atomic mass is 35.5. The van der Waals surface area contributed by atoms with Crippen molar-refractivity contribution in [1.82, 2.24) is 10.2 Å². The zero-order valence-corrected chi connectivity index (χ0v) is 21.7. The van der Waals surface area contributed by atoms with Gasteiger partial charge in [-0.1, -0.05) is 97.7 Å². The van der Waals surface area contributed by atoms with Crippen molar-refractivity contribution in [2.24, 2.45) is 0 Å². The molecule has 3 rings (SSSR count). The SMILES string of the molecule is CCCCNC(=O)C(Cc1ccccc1)N(Cc1ccccc1)C(=O)CSCc1ccc(Cl)cc1. The monoisotopic (exact) mass is 508 g/mol. The highest BCUT2D eigenvalue weighted by Crippen LogP contribution is 2.19. The van der Waals surface area contributed by atoms with Crippen LogP contribution < -0.4 is 5.32 Å². The van der Waals surface area contributed by atoms with Crippen molar-refractivity contribution < 1.29 is 9.59 Å². The zero-order chi connectivity index (χ0) is 24.9. The average Bonchev–Trinajstić information content (AvgIpc) is 2.88. The lowest BCUT2D eigenvalue weighted by Crippen LogP contribution is -2.51. The maximum atomic E-state index is 13.6. The fourth-order valence-electron chi connectivity index (χ4n) is 3.76. The number of nitrogens with one attached hydrogen (secondary N) is 1. The number of carbonyl (C=O) groups excluding carboxylic acids is 2. The minimum Gasteiger partial charge on any atom is -0.354 e. The number of thioether (sulfide) groups is 1. The summed E-state index contributed by atoms with van der Waals surface area (Å²) in [4.78, 5) is 28.7. The molecule has 6 heteroatoms. The van der Waals surface area contributed by atoms with E-state index in [0.717, 1.165) is 29.5 Å². The van der Waals surface area contributed by atoms with Crippen molar-refractivity contribution in [3.05, 3.63) is 107 Å². The van der Waals surface area contributed by atoms with Gasteiger partial charge in [0, 0.05) is 30.3 Å². The van der Waals surface area contributed by atoms with E-state index in [1.807, 2.05) is 84.9 Å². The molecule has 0 spiro atoms. The van der Waals surface area contributed by atoms with Gasteiger partial charge in [0.05, 0.1) is 5.75 Å². The van der Waals surface area contributed by atoms with Crippen molar-refractivity contribution in [2.75, 3.05) is 12.3 Å². The number of rotatable bonds is 13. The number of halogens is 1. The third kappa shape index (κ3) is 9.08. The minimum absolute atomic E-state index is 0.0422. The van der Waals surface area contributed by atoms with Crippen molar-refractivity contribution >= 4 is 35.2 Å². The van der Waals surface area contributed by atoms with Crippen molar-refractivity contribution in [1.29, 1.82) is 0 Å². The fourth-order valence-corrected chi connectivity index (χ4v) is 4.76. The van der Waals surface area contributed by atoms with Crippen molar-refractivity contribution in [3.8, 4) is 0 Å². The number of hydrogen-bond donors (Lipinski definition) is 1. The molecule has 35 heavy (non-hydrogen) atoms. The second-order valence-electron chi connectivity index (χ2n) is 8.48. The Morgan fingerprint density at radius 2 is 1.51 bits per heavy atom. The normalized spacial score (nSPS) is 11.6. The van der Waals surface area contributed by atoms with E-state index in [4.69, 9.17) is 11.6 Å². The highest BCUT2D eigenvalue weighted by molar-refractivity contribution is 7.99. The molecular weight excluding hydrogens is 476 g/mol. The van der Waals surface area contributed by atoms with Gasteiger partial charge in [-0.25, -0.2) is 0 Å². The van der Waals surface area contributed by atoms with Crippen LogP contribution in [0.2, 0.25) is 5.02 Å². The van der Waals surface area contributed by atoms with Gasteiger partial charge in [-0.2, -0.15) is 0 Å². The molecule has 0 fully saturated rings. The van der Waals surface area contributed by atoms with Gasteiger partial charge < -0.3 is 10.2 Å². The first kappa shape index (κ1) is 26.8. The van der Waals surface area contributed by atoms with E-state index in [1.165, 1.54) is 0 Å².